The summed E-state index contributed by atoms with van der Waals surface area (Å²) >= 11 is 0. The second-order valence-corrected chi connectivity index (χ2v) is 2.74. The fourth-order valence-corrected chi connectivity index (χ4v) is 0.863. The van der Waals surface area contributed by atoms with Gasteiger partial charge in [-0.05, 0) is 6.92 Å². The third kappa shape index (κ3) is 4.33. The number of nitrogens with one attached hydrogen (secondary N) is 1. The Bertz CT molecular complexity index is 272. The van der Waals surface area contributed by atoms with Crippen molar-refractivity contribution in [3.63, 3.8) is 0 Å². The predicted molar refractivity (Wildman–Crippen MR) is 53.1 cm³/mol. The lowest BCUT2D eigenvalue weighted by molar-refractivity contribution is -0.140. The summed E-state index contributed by atoms with van der Waals surface area (Å²) in [7, 11) is 0. The normalized spacial score (nSPS) is 11.3. The fraction of sp³-hybridized carbons (Fsp3) is 0.556. The predicted octanol–water partition coefficient (Wildman–Crippen LogP) is -0.903. The zero-order valence-corrected chi connectivity index (χ0v) is 8.43. The molecule has 0 saturated carbocycles. The van der Waals surface area contributed by atoms with Crippen LogP contribution in [0, 0.1) is 12.3 Å². The van der Waals surface area contributed by atoms with Crippen molar-refractivity contribution in [3.05, 3.63) is 0 Å². The van der Waals surface area contributed by atoms with Crippen LogP contribution in [-0.2, 0) is 4.79 Å². The van der Waals surface area contributed by atoms with E-state index < -0.39 is 24.6 Å². The molecule has 84 valence electrons. The van der Waals surface area contributed by atoms with Crippen LogP contribution in [0.15, 0.2) is 0 Å². The van der Waals surface area contributed by atoms with Crippen LogP contribution in [0.1, 0.15) is 6.92 Å². The molecule has 0 aliphatic heterocycles. The smallest absolute Gasteiger partial charge is 0.328 e. The molecule has 0 bridgehead atoms. The highest BCUT2D eigenvalue weighted by Gasteiger charge is 2.21. The van der Waals surface area contributed by atoms with Gasteiger partial charge in [0.25, 0.3) is 0 Å². The first-order valence-electron chi connectivity index (χ1n) is 4.39. The molecule has 0 radical (unpaired) electrons. The number of carbonyl (C=O) groups excluding carboxylic acids is 1. The molecule has 6 heteroatoms. The summed E-state index contributed by atoms with van der Waals surface area (Å²) in [5, 5.41) is 19.4. The quantitative estimate of drug-likeness (QED) is 0.517. The summed E-state index contributed by atoms with van der Waals surface area (Å²) in [5.41, 5.74) is 0. The van der Waals surface area contributed by atoms with Crippen LogP contribution in [0.3, 0.4) is 0 Å². The SMILES string of the molecule is C#CCN(CC)C(=O)NC(CO)C(=O)O. The summed E-state index contributed by atoms with van der Waals surface area (Å²) in [5.74, 6) is 0.986. The number of rotatable bonds is 5. The van der Waals surface area contributed by atoms with Gasteiger partial charge in [0, 0.05) is 6.54 Å². The van der Waals surface area contributed by atoms with Gasteiger partial charge in [0.2, 0.25) is 0 Å². The average Bonchev–Trinajstić information content (AvgIpc) is 2.21. The summed E-state index contributed by atoms with van der Waals surface area (Å²) in [6.45, 7) is 1.52. The molecule has 0 heterocycles. The number of hydrogen-bond acceptors (Lipinski definition) is 3. The lowest BCUT2D eigenvalue weighted by atomic mass is 10.3. The summed E-state index contributed by atoms with van der Waals surface area (Å²) in [6.07, 6.45) is 5.03. The molecule has 0 aromatic carbocycles. The van der Waals surface area contributed by atoms with Crippen LogP contribution in [0.5, 0.6) is 0 Å². The van der Waals surface area contributed by atoms with Crippen LogP contribution < -0.4 is 5.32 Å². The van der Waals surface area contributed by atoms with Crippen molar-refractivity contribution in [2.75, 3.05) is 19.7 Å². The number of hydrogen-bond donors (Lipinski definition) is 3. The van der Waals surface area contributed by atoms with E-state index >= 15 is 0 Å². The number of urea groups is 1. The van der Waals surface area contributed by atoms with Gasteiger partial charge in [-0.25, -0.2) is 9.59 Å². The third-order valence-corrected chi connectivity index (χ3v) is 1.73. The molecule has 6 nitrogen and oxygen atoms in total. The highest BCUT2D eigenvalue weighted by atomic mass is 16.4. The number of amides is 2. The molecule has 0 aromatic heterocycles. The maximum absolute atomic E-state index is 11.4. The van der Waals surface area contributed by atoms with E-state index in [1.807, 2.05) is 0 Å². The topological polar surface area (TPSA) is 89.9 Å². The number of aliphatic hydroxyl groups excluding tert-OH is 1. The van der Waals surface area contributed by atoms with Gasteiger partial charge in [0.15, 0.2) is 6.04 Å². The lowest BCUT2D eigenvalue weighted by Crippen LogP contribution is -2.49. The number of aliphatic hydroxyl groups is 1. The Hall–Kier alpha value is -1.74. The lowest BCUT2D eigenvalue weighted by Gasteiger charge is -2.20. The molecule has 0 rings (SSSR count). The Morgan fingerprint density at radius 2 is 2.20 bits per heavy atom. The van der Waals surface area contributed by atoms with Crippen molar-refractivity contribution < 1.29 is 19.8 Å². The van der Waals surface area contributed by atoms with Crippen molar-refractivity contribution in [2.24, 2.45) is 0 Å². The molecule has 15 heavy (non-hydrogen) atoms. The number of terminal acetylenes is 1. The van der Waals surface area contributed by atoms with E-state index in [-0.39, 0.29) is 6.54 Å². The Balaban J connectivity index is 4.32. The van der Waals surface area contributed by atoms with E-state index in [2.05, 4.69) is 11.2 Å². The maximum atomic E-state index is 11.4. The third-order valence-electron chi connectivity index (χ3n) is 1.73. The van der Waals surface area contributed by atoms with E-state index in [0.29, 0.717) is 6.54 Å². The van der Waals surface area contributed by atoms with E-state index in [0.717, 1.165) is 0 Å². The van der Waals surface area contributed by atoms with Gasteiger partial charge in [0.1, 0.15) is 0 Å². The zero-order chi connectivity index (χ0) is 11.8. The molecule has 3 N–H and O–H groups in total. The van der Waals surface area contributed by atoms with Crippen molar-refractivity contribution in [1.29, 1.82) is 0 Å². The molecular formula is C9H14N2O4. The highest BCUT2D eigenvalue weighted by molar-refractivity contribution is 5.82. The summed E-state index contributed by atoms with van der Waals surface area (Å²) < 4.78 is 0. The standard InChI is InChI=1S/C9H14N2O4/c1-3-5-11(4-2)9(15)10-7(6-12)8(13)14/h1,7,12H,4-6H2,2H3,(H,10,15)(H,13,14). The molecule has 0 aromatic rings. The van der Waals surface area contributed by atoms with Gasteiger partial charge < -0.3 is 20.4 Å². The highest BCUT2D eigenvalue weighted by Crippen LogP contribution is 1.91. The summed E-state index contributed by atoms with van der Waals surface area (Å²) in [6, 6.07) is -1.90. The van der Waals surface area contributed by atoms with Crippen molar-refractivity contribution >= 4 is 12.0 Å². The number of aliphatic carboxylic acids is 1. The molecule has 1 unspecified atom stereocenters. The van der Waals surface area contributed by atoms with Gasteiger partial charge >= 0.3 is 12.0 Å². The molecular weight excluding hydrogens is 200 g/mol. The number of carbonyl (C=O) groups is 2. The second-order valence-electron chi connectivity index (χ2n) is 2.74. The van der Waals surface area contributed by atoms with Crippen molar-refractivity contribution in [1.82, 2.24) is 10.2 Å². The van der Waals surface area contributed by atoms with Crippen molar-refractivity contribution in [2.45, 2.75) is 13.0 Å². The molecule has 0 aliphatic carbocycles. The molecule has 2 amide bonds. The maximum Gasteiger partial charge on any atom is 0.328 e. The Kier molecular flexibility index (Phi) is 5.90. The van der Waals surface area contributed by atoms with Gasteiger partial charge in [-0.1, -0.05) is 5.92 Å². The Morgan fingerprint density at radius 3 is 2.53 bits per heavy atom. The van der Waals surface area contributed by atoms with E-state index in [1.54, 1.807) is 6.92 Å². The first-order chi connectivity index (χ1) is 7.06. The van der Waals surface area contributed by atoms with Gasteiger partial charge in [-0.2, -0.15) is 0 Å². The van der Waals surface area contributed by atoms with E-state index in [1.165, 1.54) is 4.90 Å². The van der Waals surface area contributed by atoms with Crippen LogP contribution in [0.2, 0.25) is 0 Å². The van der Waals surface area contributed by atoms with E-state index in [9.17, 15) is 9.59 Å². The largest absolute Gasteiger partial charge is 0.480 e. The number of nitrogens with zero attached hydrogens (tertiary/aromatic N) is 1. The minimum Gasteiger partial charge on any atom is -0.480 e. The van der Waals surface area contributed by atoms with Crippen LogP contribution >= 0.6 is 0 Å². The first kappa shape index (κ1) is 13.3. The minimum absolute atomic E-state index is 0.0973. The average molecular weight is 214 g/mol. The number of carboxylic acids is 1. The summed E-state index contributed by atoms with van der Waals surface area (Å²) in [4.78, 5) is 23.1. The molecule has 0 fully saturated rings. The first-order valence-corrected chi connectivity index (χ1v) is 4.39. The van der Waals surface area contributed by atoms with Gasteiger partial charge in [0.05, 0.1) is 13.2 Å². The van der Waals surface area contributed by atoms with Crippen LogP contribution in [0.25, 0.3) is 0 Å². The zero-order valence-electron chi connectivity index (χ0n) is 8.43. The molecule has 0 spiro atoms. The Morgan fingerprint density at radius 1 is 1.60 bits per heavy atom. The second kappa shape index (κ2) is 6.68. The minimum atomic E-state index is -1.30. The van der Waals surface area contributed by atoms with Crippen molar-refractivity contribution in [3.8, 4) is 12.3 Å². The molecule has 1 atom stereocenters. The monoisotopic (exact) mass is 214 g/mol. The fourth-order valence-electron chi connectivity index (χ4n) is 0.863. The van der Waals surface area contributed by atoms with Crippen LogP contribution in [0.4, 0.5) is 4.79 Å². The van der Waals surface area contributed by atoms with Crippen LogP contribution in [-0.4, -0.2) is 52.9 Å². The van der Waals surface area contributed by atoms with Gasteiger partial charge in [-0.3, -0.25) is 0 Å². The molecule has 0 saturated heterocycles. The van der Waals surface area contributed by atoms with Gasteiger partial charge in [-0.15, -0.1) is 6.42 Å². The van der Waals surface area contributed by atoms with E-state index in [4.69, 9.17) is 16.6 Å². The Labute approximate surface area is 87.9 Å². The molecule has 0 aliphatic rings. The number of carboxylic acid groups (broad SMARTS) is 1.